The number of hydrogen-bond donors (Lipinski definition) is 1. The van der Waals surface area contributed by atoms with E-state index in [1.54, 1.807) is 6.07 Å². The van der Waals surface area contributed by atoms with E-state index in [2.05, 4.69) is 37.2 Å². The number of halogens is 3. The maximum Gasteiger partial charge on any atom is 0.258 e. The van der Waals surface area contributed by atoms with Gasteiger partial charge in [0.2, 0.25) is 0 Å². The largest absolute Gasteiger partial charge is 0.321 e. The Morgan fingerprint density at radius 2 is 1.89 bits per heavy atom. The van der Waals surface area contributed by atoms with Crippen molar-refractivity contribution in [2.45, 2.75) is 6.92 Å². The number of carbonyl (C=O) groups is 1. The minimum Gasteiger partial charge on any atom is -0.321 e. The third-order valence-corrected chi connectivity index (χ3v) is 3.73. The Kier molecular flexibility index (Phi) is 4.37. The molecule has 2 aromatic rings. The van der Waals surface area contributed by atoms with E-state index >= 15 is 0 Å². The van der Waals surface area contributed by atoms with Crippen LogP contribution in [0.4, 0.5) is 10.1 Å². The molecule has 2 nitrogen and oxygen atoms in total. The molecule has 19 heavy (non-hydrogen) atoms. The second-order valence-corrected chi connectivity index (χ2v) is 5.83. The summed E-state index contributed by atoms with van der Waals surface area (Å²) in [4.78, 5) is 12.0. The highest BCUT2D eigenvalue weighted by Gasteiger charge is 2.13. The fraction of sp³-hybridized carbons (Fsp3) is 0.0714. The molecule has 0 unspecified atom stereocenters. The Labute approximate surface area is 127 Å². The van der Waals surface area contributed by atoms with Crippen LogP contribution < -0.4 is 5.32 Å². The highest BCUT2D eigenvalue weighted by atomic mass is 79.9. The fourth-order valence-corrected chi connectivity index (χ4v) is 2.28. The Balaban J connectivity index is 2.28. The maximum absolute atomic E-state index is 13.7. The molecule has 0 bridgehead atoms. The van der Waals surface area contributed by atoms with Crippen LogP contribution in [0.15, 0.2) is 45.3 Å². The van der Waals surface area contributed by atoms with Crippen LogP contribution >= 0.6 is 31.9 Å². The quantitative estimate of drug-likeness (QED) is 0.780. The lowest BCUT2D eigenvalue weighted by atomic mass is 10.2. The van der Waals surface area contributed by atoms with Gasteiger partial charge in [-0.15, -0.1) is 0 Å². The molecule has 0 spiro atoms. The Morgan fingerprint density at radius 3 is 2.58 bits per heavy atom. The van der Waals surface area contributed by atoms with Crippen LogP contribution in [0.1, 0.15) is 15.9 Å². The minimum absolute atomic E-state index is 0.0107. The van der Waals surface area contributed by atoms with Gasteiger partial charge in [0, 0.05) is 8.95 Å². The first-order valence-corrected chi connectivity index (χ1v) is 7.08. The number of aryl methyl sites for hydroxylation is 1. The average molecular weight is 387 g/mol. The van der Waals surface area contributed by atoms with Crippen LogP contribution in [0.2, 0.25) is 0 Å². The van der Waals surface area contributed by atoms with Gasteiger partial charge >= 0.3 is 0 Å². The van der Waals surface area contributed by atoms with E-state index in [0.717, 1.165) is 10.0 Å². The molecule has 0 aliphatic carbocycles. The van der Waals surface area contributed by atoms with Gasteiger partial charge in [0.25, 0.3) is 5.91 Å². The standard InChI is InChI=1S/C14H10Br2FNO/c1-8-2-5-11(16)13(6-8)18-14(19)10-4-3-9(15)7-12(10)17/h2-7H,1H3,(H,18,19). The summed E-state index contributed by atoms with van der Waals surface area (Å²) in [6, 6.07) is 9.91. The summed E-state index contributed by atoms with van der Waals surface area (Å²) < 4.78 is 15.0. The second kappa shape index (κ2) is 5.84. The lowest BCUT2D eigenvalue weighted by Gasteiger charge is -2.09. The van der Waals surface area contributed by atoms with Gasteiger partial charge < -0.3 is 5.32 Å². The second-order valence-electron chi connectivity index (χ2n) is 4.06. The average Bonchev–Trinajstić information content (AvgIpc) is 2.33. The van der Waals surface area contributed by atoms with Crippen LogP contribution in [-0.4, -0.2) is 5.91 Å². The number of hydrogen-bond acceptors (Lipinski definition) is 1. The van der Waals surface area contributed by atoms with Gasteiger partial charge in [-0.05, 0) is 58.7 Å². The van der Waals surface area contributed by atoms with Gasteiger partial charge in [-0.2, -0.15) is 0 Å². The van der Waals surface area contributed by atoms with E-state index in [-0.39, 0.29) is 5.56 Å². The lowest BCUT2D eigenvalue weighted by Crippen LogP contribution is -2.14. The third kappa shape index (κ3) is 3.42. The van der Waals surface area contributed by atoms with Crippen molar-refractivity contribution in [1.82, 2.24) is 0 Å². The molecule has 98 valence electrons. The number of nitrogens with one attached hydrogen (secondary N) is 1. The molecule has 0 saturated carbocycles. The van der Waals surface area contributed by atoms with Crippen molar-refractivity contribution in [2.24, 2.45) is 0 Å². The van der Waals surface area contributed by atoms with Crippen LogP contribution in [0.25, 0.3) is 0 Å². The number of benzene rings is 2. The normalized spacial score (nSPS) is 10.3. The van der Waals surface area contributed by atoms with Gasteiger partial charge in [-0.1, -0.05) is 22.0 Å². The first-order valence-electron chi connectivity index (χ1n) is 5.50. The maximum atomic E-state index is 13.7. The predicted octanol–water partition coefficient (Wildman–Crippen LogP) is 4.91. The highest BCUT2D eigenvalue weighted by molar-refractivity contribution is 9.10. The van der Waals surface area contributed by atoms with Gasteiger partial charge in [0.15, 0.2) is 0 Å². The molecule has 0 fully saturated rings. The Morgan fingerprint density at radius 1 is 1.16 bits per heavy atom. The predicted molar refractivity (Wildman–Crippen MR) is 80.9 cm³/mol. The van der Waals surface area contributed by atoms with Gasteiger partial charge in [0.1, 0.15) is 5.82 Å². The lowest BCUT2D eigenvalue weighted by molar-refractivity contribution is 0.102. The summed E-state index contributed by atoms with van der Waals surface area (Å²) in [5.41, 5.74) is 1.64. The molecule has 0 atom stereocenters. The van der Waals surface area contributed by atoms with Crippen LogP contribution in [0, 0.1) is 12.7 Å². The summed E-state index contributed by atoms with van der Waals surface area (Å²) in [5.74, 6) is -1.04. The monoisotopic (exact) mass is 385 g/mol. The molecule has 0 saturated heterocycles. The number of rotatable bonds is 2. The molecule has 0 aromatic heterocycles. The molecular weight excluding hydrogens is 377 g/mol. The molecule has 5 heteroatoms. The smallest absolute Gasteiger partial charge is 0.258 e. The zero-order chi connectivity index (χ0) is 14.0. The summed E-state index contributed by atoms with van der Waals surface area (Å²) >= 11 is 6.50. The van der Waals surface area contributed by atoms with E-state index < -0.39 is 11.7 Å². The van der Waals surface area contributed by atoms with Crippen molar-refractivity contribution in [1.29, 1.82) is 0 Å². The number of anilines is 1. The van der Waals surface area contributed by atoms with Gasteiger partial charge in [-0.25, -0.2) is 4.39 Å². The molecule has 0 aliphatic rings. The van der Waals surface area contributed by atoms with Crippen molar-refractivity contribution in [3.8, 4) is 0 Å². The third-order valence-electron chi connectivity index (χ3n) is 2.55. The topological polar surface area (TPSA) is 29.1 Å². The van der Waals surface area contributed by atoms with Crippen LogP contribution in [-0.2, 0) is 0 Å². The highest BCUT2D eigenvalue weighted by Crippen LogP contribution is 2.24. The van der Waals surface area contributed by atoms with Crippen molar-refractivity contribution < 1.29 is 9.18 Å². The van der Waals surface area contributed by atoms with Crippen molar-refractivity contribution in [2.75, 3.05) is 5.32 Å². The minimum atomic E-state index is -0.560. The molecule has 2 aromatic carbocycles. The molecule has 2 rings (SSSR count). The Hall–Kier alpha value is -1.20. The summed E-state index contributed by atoms with van der Waals surface area (Å²) in [6.07, 6.45) is 0. The molecule has 0 radical (unpaired) electrons. The van der Waals surface area contributed by atoms with Gasteiger partial charge in [-0.3, -0.25) is 4.79 Å². The molecule has 0 heterocycles. The summed E-state index contributed by atoms with van der Waals surface area (Å²) in [7, 11) is 0. The number of carbonyl (C=O) groups excluding carboxylic acids is 1. The van der Waals surface area contributed by atoms with Crippen LogP contribution in [0.3, 0.4) is 0 Å². The molecule has 1 N–H and O–H groups in total. The first kappa shape index (κ1) is 14.2. The molecule has 0 aliphatic heterocycles. The van der Waals surface area contributed by atoms with E-state index in [4.69, 9.17) is 0 Å². The van der Waals surface area contributed by atoms with E-state index in [1.165, 1.54) is 12.1 Å². The SMILES string of the molecule is Cc1ccc(Br)c(NC(=O)c2ccc(Br)cc2F)c1. The summed E-state index contributed by atoms with van der Waals surface area (Å²) in [6.45, 7) is 1.92. The Bertz CT molecular complexity index is 643. The summed E-state index contributed by atoms with van der Waals surface area (Å²) in [5, 5.41) is 2.69. The fourth-order valence-electron chi connectivity index (χ4n) is 1.60. The van der Waals surface area contributed by atoms with Gasteiger partial charge in [0.05, 0.1) is 11.3 Å². The van der Waals surface area contributed by atoms with Crippen molar-refractivity contribution in [3.63, 3.8) is 0 Å². The van der Waals surface area contributed by atoms with Crippen molar-refractivity contribution in [3.05, 3.63) is 62.3 Å². The zero-order valence-electron chi connectivity index (χ0n) is 10.0. The zero-order valence-corrected chi connectivity index (χ0v) is 13.2. The van der Waals surface area contributed by atoms with Crippen LogP contribution in [0.5, 0.6) is 0 Å². The molecular formula is C14H10Br2FNO. The first-order chi connectivity index (χ1) is 8.97. The van der Waals surface area contributed by atoms with E-state index in [0.29, 0.717) is 10.2 Å². The van der Waals surface area contributed by atoms with Crippen molar-refractivity contribution >= 4 is 43.5 Å². The van der Waals surface area contributed by atoms with E-state index in [1.807, 2.05) is 25.1 Å². The van der Waals surface area contributed by atoms with E-state index in [9.17, 15) is 9.18 Å². The molecule has 1 amide bonds. The number of amides is 1.